The zero-order valence-corrected chi connectivity index (χ0v) is 3.75. The molecule has 0 atom stereocenters. The topological polar surface area (TPSA) is 21.3 Å². The zero-order valence-electron chi connectivity index (χ0n) is 2.99. The van der Waals surface area contributed by atoms with E-state index in [0.717, 1.165) is 6.54 Å². The summed E-state index contributed by atoms with van der Waals surface area (Å²) in [6.45, 7) is 2.63. The summed E-state index contributed by atoms with van der Waals surface area (Å²) in [5.74, 6) is 0. The number of hydroxylamine groups is 1. The summed E-state index contributed by atoms with van der Waals surface area (Å²) < 4.78 is 3.91. The van der Waals surface area contributed by atoms with Gasteiger partial charge in [-0.15, -0.1) is 0 Å². The third kappa shape index (κ3) is 4.21. The number of halogens is 1. The third-order valence-electron chi connectivity index (χ3n) is 0.199. The molecule has 0 unspecified atom stereocenters. The second-order valence-corrected chi connectivity index (χ2v) is 0.729. The molecule has 0 saturated heterocycles. The van der Waals surface area contributed by atoms with E-state index in [9.17, 15) is 0 Å². The van der Waals surface area contributed by atoms with Crippen LogP contribution in [0.3, 0.4) is 0 Å². The molecule has 0 saturated carbocycles. The molecule has 0 rings (SSSR count). The van der Waals surface area contributed by atoms with Crippen molar-refractivity contribution in [2.75, 3.05) is 6.54 Å². The molecule has 0 aromatic rings. The lowest BCUT2D eigenvalue weighted by molar-refractivity contribution is 0.227. The standard InChI is InChI=1S/C2H6ClNO/c1-2-4-5-3/h4H,2H2,1H3. The maximum Gasteiger partial charge on any atom is 0.0837 e. The van der Waals surface area contributed by atoms with Gasteiger partial charge in [-0.25, -0.2) is 0 Å². The van der Waals surface area contributed by atoms with E-state index < -0.39 is 0 Å². The van der Waals surface area contributed by atoms with E-state index in [1.807, 2.05) is 6.92 Å². The van der Waals surface area contributed by atoms with E-state index in [1.54, 1.807) is 0 Å². The van der Waals surface area contributed by atoms with Gasteiger partial charge in [0.25, 0.3) is 0 Å². The van der Waals surface area contributed by atoms with Crippen LogP contribution in [0.5, 0.6) is 0 Å². The molecule has 2 nitrogen and oxygen atoms in total. The fourth-order valence-electron chi connectivity index (χ4n) is 0.0546. The van der Waals surface area contributed by atoms with Crippen molar-refractivity contribution < 1.29 is 4.39 Å². The first-order valence-electron chi connectivity index (χ1n) is 1.42. The third-order valence-corrected chi connectivity index (χ3v) is 0.308. The smallest absolute Gasteiger partial charge is 0.0837 e. The van der Waals surface area contributed by atoms with E-state index in [0.29, 0.717) is 0 Å². The van der Waals surface area contributed by atoms with E-state index in [1.165, 1.54) is 0 Å². The summed E-state index contributed by atoms with van der Waals surface area (Å²) in [5, 5.41) is 0. The molecule has 0 aromatic heterocycles. The van der Waals surface area contributed by atoms with Gasteiger partial charge >= 0.3 is 0 Å². The molecule has 0 bridgehead atoms. The predicted octanol–water partition coefficient (Wildman–Crippen LogP) is 0.681. The van der Waals surface area contributed by atoms with Crippen LogP contribution in [0.25, 0.3) is 0 Å². The zero-order chi connectivity index (χ0) is 4.12. The molecule has 32 valence electrons. The first-order chi connectivity index (χ1) is 2.41. The minimum absolute atomic E-state index is 0.740. The van der Waals surface area contributed by atoms with Gasteiger partial charge in [0.15, 0.2) is 0 Å². The highest BCUT2D eigenvalue weighted by atomic mass is 35.5. The second-order valence-electron chi connectivity index (χ2n) is 0.575. The van der Waals surface area contributed by atoms with Crippen LogP contribution in [-0.4, -0.2) is 6.54 Å². The Morgan fingerprint density at radius 1 is 2.00 bits per heavy atom. The van der Waals surface area contributed by atoms with Crippen LogP contribution in [0.15, 0.2) is 0 Å². The predicted molar refractivity (Wildman–Crippen MR) is 20.6 cm³/mol. The highest BCUT2D eigenvalue weighted by molar-refractivity contribution is 6.07. The van der Waals surface area contributed by atoms with Gasteiger partial charge in [0.05, 0.1) is 11.9 Å². The van der Waals surface area contributed by atoms with E-state index in [-0.39, 0.29) is 0 Å². The van der Waals surface area contributed by atoms with Crippen molar-refractivity contribution in [3.8, 4) is 0 Å². The van der Waals surface area contributed by atoms with Crippen molar-refractivity contribution in [2.24, 2.45) is 0 Å². The minimum Gasteiger partial charge on any atom is -0.190 e. The Kier molecular flexibility index (Phi) is 4.39. The molecule has 0 heterocycles. The van der Waals surface area contributed by atoms with Crippen molar-refractivity contribution in [3.05, 3.63) is 0 Å². The van der Waals surface area contributed by atoms with Crippen LogP contribution in [0.4, 0.5) is 0 Å². The Morgan fingerprint density at radius 3 is 2.60 bits per heavy atom. The van der Waals surface area contributed by atoms with Gasteiger partial charge in [-0.2, -0.15) is 9.87 Å². The van der Waals surface area contributed by atoms with Gasteiger partial charge in [0, 0.05) is 6.54 Å². The average molecular weight is 95.5 g/mol. The molecule has 0 radical (unpaired) electrons. The van der Waals surface area contributed by atoms with Crippen molar-refractivity contribution in [1.29, 1.82) is 0 Å². The van der Waals surface area contributed by atoms with Crippen LogP contribution in [0, 0.1) is 0 Å². The summed E-state index contributed by atoms with van der Waals surface area (Å²) in [7, 11) is 0. The first kappa shape index (κ1) is 5.21. The quantitative estimate of drug-likeness (QED) is 0.510. The average Bonchev–Trinajstić information content (AvgIpc) is 1.41. The van der Waals surface area contributed by atoms with Crippen molar-refractivity contribution in [3.63, 3.8) is 0 Å². The molecule has 0 fully saturated rings. The van der Waals surface area contributed by atoms with E-state index in [2.05, 4.69) is 9.87 Å². The Bertz CT molecular complexity index is 17.1. The lowest BCUT2D eigenvalue weighted by atomic mass is 10.8. The van der Waals surface area contributed by atoms with Crippen molar-refractivity contribution in [1.82, 2.24) is 5.48 Å². The van der Waals surface area contributed by atoms with Gasteiger partial charge in [-0.3, -0.25) is 0 Å². The summed E-state index contributed by atoms with van der Waals surface area (Å²) in [4.78, 5) is 0. The van der Waals surface area contributed by atoms with Crippen LogP contribution < -0.4 is 5.48 Å². The molecular weight excluding hydrogens is 89.5 g/mol. The minimum atomic E-state index is 0.740. The number of nitrogens with one attached hydrogen (secondary N) is 1. The Labute approximate surface area is 36.2 Å². The lowest BCUT2D eigenvalue weighted by Crippen LogP contribution is -2.05. The van der Waals surface area contributed by atoms with Gasteiger partial charge in [0.2, 0.25) is 0 Å². The van der Waals surface area contributed by atoms with Crippen LogP contribution in [0.2, 0.25) is 0 Å². The molecule has 0 amide bonds. The molecular formula is C2H6ClNO. The summed E-state index contributed by atoms with van der Waals surface area (Å²) in [5.41, 5.74) is 2.38. The molecule has 1 N–H and O–H groups in total. The van der Waals surface area contributed by atoms with Gasteiger partial charge in [-0.1, -0.05) is 6.92 Å². The fourth-order valence-corrected chi connectivity index (χ4v) is 0.164. The molecule has 3 heteroatoms. The van der Waals surface area contributed by atoms with Gasteiger partial charge in [-0.05, 0) is 0 Å². The SMILES string of the molecule is CCNOCl. The molecule has 0 aliphatic carbocycles. The largest absolute Gasteiger partial charge is 0.190 e. The highest BCUT2D eigenvalue weighted by Gasteiger charge is 1.64. The molecule has 0 aliphatic heterocycles. The molecule has 0 aliphatic rings. The fraction of sp³-hybridized carbons (Fsp3) is 1.00. The number of hydrogen-bond donors (Lipinski definition) is 1. The van der Waals surface area contributed by atoms with Crippen LogP contribution >= 0.6 is 11.9 Å². The van der Waals surface area contributed by atoms with Crippen LogP contribution in [0.1, 0.15) is 6.92 Å². The lowest BCUT2D eigenvalue weighted by Gasteiger charge is -1.84. The molecule has 0 aromatic carbocycles. The Hall–Kier alpha value is 0.210. The van der Waals surface area contributed by atoms with Gasteiger partial charge in [0.1, 0.15) is 0 Å². The normalized spacial score (nSPS) is 8.40. The molecule has 0 spiro atoms. The second kappa shape index (κ2) is 4.21. The number of rotatable bonds is 2. The maximum atomic E-state index is 4.69. The number of hydrogen-bond acceptors (Lipinski definition) is 2. The van der Waals surface area contributed by atoms with Crippen LogP contribution in [-0.2, 0) is 4.39 Å². The van der Waals surface area contributed by atoms with Crippen molar-refractivity contribution >= 4 is 11.9 Å². The van der Waals surface area contributed by atoms with E-state index in [4.69, 9.17) is 11.9 Å². The monoisotopic (exact) mass is 95.0 g/mol. The Balaban J connectivity index is 2.19. The first-order valence-corrected chi connectivity index (χ1v) is 1.73. The Morgan fingerprint density at radius 2 is 2.60 bits per heavy atom. The summed E-state index contributed by atoms with van der Waals surface area (Å²) >= 11 is 4.69. The highest BCUT2D eigenvalue weighted by Crippen LogP contribution is 1.65. The molecule has 5 heavy (non-hydrogen) atoms. The summed E-state index contributed by atoms with van der Waals surface area (Å²) in [6, 6.07) is 0. The van der Waals surface area contributed by atoms with Gasteiger partial charge < -0.3 is 0 Å². The summed E-state index contributed by atoms with van der Waals surface area (Å²) in [6.07, 6.45) is 0. The maximum absolute atomic E-state index is 4.69. The van der Waals surface area contributed by atoms with E-state index >= 15 is 0 Å². The van der Waals surface area contributed by atoms with Crippen molar-refractivity contribution in [2.45, 2.75) is 6.92 Å².